The third kappa shape index (κ3) is 4.97. The predicted molar refractivity (Wildman–Crippen MR) is 96.2 cm³/mol. The Hall–Kier alpha value is -2.05. The number of carbonyl (C=O) groups excluding carboxylic acids is 2. The van der Waals surface area contributed by atoms with E-state index in [9.17, 15) is 9.59 Å². The topological polar surface area (TPSA) is 81.4 Å². The van der Waals surface area contributed by atoms with E-state index in [1.807, 2.05) is 31.2 Å². The van der Waals surface area contributed by atoms with Gasteiger partial charge in [-0.05, 0) is 42.8 Å². The molecule has 0 aromatic heterocycles. The SMILES string of the molecule is C[C@H](NC(=O)COc1ccc(Cl)cc1C(N)=O)c1ccc(Br)cc1. The summed E-state index contributed by atoms with van der Waals surface area (Å²) >= 11 is 9.19. The summed E-state index contributed by atoms with van der Waals surface area (Å²) in [6, 6.07) is 11.9. The Morgan fingerprint density at radius 1 is 1.25 bits per heavy atom. The molecule has 2 rings (SSSR count). The van der Waals surface area contributed by atoms with E-state index in [0.29, 0.717) is 5.02 Å². The summed E-state index contributed by atoms with van der Waals surface area (Å²) in [5, 5.41) is 3.19. The van der Waals surface area contributed by atoms with Crippen LogP contribution in [0.25, 0.3) is 0 Å². The third-order valence-corrected chi connectivity index (χ3v) is 4.08. The molecule has 0 aliphatic heterocycles. The average molecular weight is 412 g/mol. The number of rotatable bonds is 6. The van der Waals surface area contributed by atoms with Crippen molar-refractivity contribution in [3.05, 3.63) is 63.1 Å². The summed E-state index contributed by atoms with van der Waals surface area (Å²) in [6.45, 7) is 1.64. The number of benzene rings is 2. The number of primary amides is 1. The van der Waals surface area contributed by atoms with E-state index >= 15 is 0 Å². The van der Waals surface area contributed by atoms with Crippen molar-refractivity contribution in [1.82, 2.24) is 5.32 Å². The van der Waals surface area contributed by atoms with Crippen LogP contribution in [-0.4, -0.2) is 18.4 Å². The molecular formula is C17H16BrClN2O3. The normalized spacial score (nSPS) is 11.6. The second-order valence-corrected chi connectivity index (χ2v) is 6.49. The zero-order valence-corrected chi connectivity index (χ0v) is 15.2. The van der Waals surface area contributed by atoms with Crippen LogP contribution in [0.1, 0.15) is 28.9 Å². The van der Waals surface area contributed by atoms with E-state index in [4.69, 9.17) is 22.1 Å². The van der Waals surface area contributed by atoms with Crippen molar-refractivity contribution in [3.63, 3.8) is 0 Å². The molecule has 0 bridgehead atoms. The van der Waals surface area contributed by atoms with Crippen molar-refractivity contribution in [2.24, 2.45) is 5.73 Å². The minimum atomic E-state index is -0.670. The third-order valence-electron chi connectivity index (χ3n) is 3.31. The van der Waals surface area contributed by atoms with E-state index in [2.05, 4.69) is 21.2 Å². The second-order valence-electron chi connectivity index (χ2n) is 5.13. The van der Waals surface area contributed by atoms with Gasteiger partial charge in [0.2, 0.25) is 0 Å². The fourth-order valence-corrected chi connectivity index (χ4v) is 2.52. The van der Waals surface area contributed by atoms with E-state index in [1.165, 1.54) is 12.1 Å². The molecule has 0 saturated heterocycles. The van der Waals surface area contributed by atoms with Gasteiger partial charge in [-0.3, -0.25) is 9.59 Å². The van der Waals surface area contributed by atoms with Gasteiger partial charge in [-0.2, -0.15) is 0 Å². The number of hydrogen-bond donors (Lipinski definition) is 2. The Kier molecular flexibility index (Phi) is 6.23. The predicted octanol–water partition coefficient (Wildman–Crippen LogP) is 3.46. The second kappa shape index (κ2) is 8.17. The highest BCUT2D eigenvalue weighted by molar-refractivity contribution is 9.10. The van der Waals surface area contributed by atoms with Crippen molar-refractivity contribution in [2.75, 3.05) is 6.61 Å². The van der Waals surface area contributed by atoms with Crippen molar-refractivity contribution >= 4 is 39.3 Å². The van der Waals surface area contributed by atoms with Crippen molar-refractivity contribution < 1.29 is 14.3 Å². The van der Waals surface area contributed by atoms with Crippen LogP contribution in [0.3, 0.4) is 0 Å². The summed E-state index contributed by atoms with van der Waals surface area (Å²) in [4.78, 5) is 23.4. The van der Waals surface area contributed by atoms with Gasteiger partial charge in [0.1, 0.15) is 5.75 Å². The van der Waals surface area contributed by atoms with Crippen LogP contribution >= 0.6 is 27.5 Å². The molecule has 0 radical (unpaired) electrons. The lowest BCUT2D eigenvalue weighted by molar-refractivity contribution is -0.123. The van der Waals surface area contributed by atoms with Crippen LogP contribution in [0.2, 0.25) is 5.02 Å². The van der Waals surface area contributed by atoms with E-state index in [1.54, 1.807) is 6.07 Å². The fourth-order valence-electron chi connectivity index (χ4n) is 2.08. The minimum Gasteiger partial charge on any atom is -0.483 e. The molecule has 0 fully saturated rings. The summed E-state index contributed by atoms with van der Waals surface area (Å²) in [5.74, 6) is -0.759. The smallest absolute Gasteiger partial charge is 0.258 e. The molecule has 0 aliphatic carbocycles. The molecule has 5 nitrogen and oxygen atoms in total. The van der Waals surface area contributed by atoms with Crippen LogP contribution < -0.4 is 15.8 Å². The maximum atomic E-state index is 12.0. The van der Waals surface area contributed by atoms with Crippen molar-refractivity contribution in [3.8, 4) is 5.75 Å². The van der Waals surface area contributed by atoms with Gasteiger partial charge in [-0.1, -0.05) is 39.7 Å². The van der Waals surface area contributed by atoms with Crippen molar-refractivity contribution in [1.29, 1.82) is 0 Å². The first-order chi connectivity index (χ1) is 11.4. The van der Waals surface area contributed by atoms with Gasteiger partial charge >= 0.3 is 0 Å². The fraction of sp³-hybridized carbons (Fsp3) is 0.176. The molecule has 2 aromatic carbocycles. The standard InChI is InChI=1S/C17H16BrClN2O3/c1-10(11-2-4-12(18)5-3-11)21-16(22)9-24-15-7-6-13(19)8-14(15)17(20)23/h2-8,10H,9H2,1H3,(H2,20,23)(H,21,22)/t10-/m0/s1. The lowest BCUT2D eigenvalue weighted by atomic mass is 10.1. The average Bonchev–Trinajstić information content (AvgIpc) is 2.54. The molecule has 24 heavy (non-hydrogen) atoms. The van der Waals surface area contributed by atoms with Gasteiger partial charge in [-0.25, -0.2) is 0 Å². The van der Waals surface area contributed by atoms with Gasteiger partial charge in [-0.15, -0.1) is 0 Å². The van der Waals surface area contributed by atoms with Gasteiger partial charge in [0, 0.05) is 9.50 Å². The summed E-state index contributed by atoms with van der Waals surface area (Å²) in [6.07, 6.45) is 0. The molecule has 0 heterocycles. The van der Waals surface area contributed by atoms with Crippen LogP contribution in [0.5, 0.6) is 5.75 Å². The van der Waals surface area contributed by atoms with Gasteiger partial charge < -0.3 is 15.8 Å². The molecule has 2 amide bonds. The number of nitrogens with two attached hydrogens (primary N) is 1. The Morgan fingerprint density at radius 3 is 2.54 bits per heavy atom. The lowest BCUT2D eigenvalue weighted by Crippen LogP contribution is -2.31. The molecule has 0 aliphatic rings. The van der Waals surface area contributed by atoms with Crippen LogP contribution in [0.15, 0.2) is 46.9 Å². The zero-order valence-electron chi connectivity index (χ0n) is 12.9. The molecule has 0 unspecified atom stereocenters. The first-order valence-corrected chi connectivity index (χ1v) is 8.31. The highest BCUT2D eigenvalue weighted by Crippen LogP contribution is 2.22. The van der Waals surface area contributed by atoms with Crippen LogP contribution in [0, 0.1) is 0 Å². The maximum absolute atomic E-state index is 12.0. The van der Waals surface area contributed by atoms with Crippen LogP contribution in [0.4, 0.5) is 0 Å². The Bertz CT molecular complexity index is 750. The quantitative estimate of drug-likeness (QED) is 0.764. The monoisotopic (exact) mass is 410 g/mol. The maximum Gasteiger partial charge on any atom is 0.258 e. The highest BCUT2D eigenvalue weighted by atomic mass is 79.9. The number of halogens is 2. The summed E-state index contributed by atoms with van der Waals surface area (Å²) < 4.78 is 6.36. The summed E-state index contributed by atoms with van der Waals surface area (Å²) in [5.41, 5.74) is 6.38. The molecule has 0 saturated carbocycles. The molecule has 1 atom stereocenters. The first-order valence-electron chi connectivity index (χ1n) is 7.14. The van der Waals surface area contributed by atoms with E-state index < -0.39 is 5.91 Å². The molecule has 3 N–H and O–H groups in total. The lowest BCUT2D eigenvalue weighted by Gasteiger charge is -2.15. The molecule has 126 valence electrons. The Morgan fingerprint density at radius 2 is 1.92 bits per heavy atom. The minimum absolute atomic E-state index is 0.135. The zero-order chi connectivity index (χ0) is 17.7. The van der Waals surface area contributed by atoms with E-state index in [-0.39, 0.29) is 29.9 Å². The highest BCUT2D eigenvalue weighted by Gasteiger charge is 2.14. The number of hydrogen-bond acceptors (Lipinski definition) is 3. The van der Waals surface area contributed by atoms with E-state index in [0.717, 1.165) is 10.0 Å². The number of nitrogens with one attached hydrogen (secondary N) is 1. The van der Waals surface area contributed by atoms with Gasteiger partial charge in [0.05, 0.1) is 11.6 Å². The van der Waals surface area contributed by atoms with Crippen molar-refractivity contribution in [2.45, 2.75) is 13.0 Å². The number of carbonyl (C=O) groups is 2. The Labute approximate surface area is 153 Å². The molecule has 7 heteroatoms. The molecule has 2 aromatic rings. The number of ether oxygens (including phenoxy) is 1. The molecular weight excluding hydrogens is 396 g/mol. The largest absolute Gasteiger partial charge is 0.483 e. The summed E-state index contributed by atoms with van der Waals surface area (Å²) in [7, 11) is 0. The number of amides is 2. The van der Waals surface area contributed by atoms with Gasteiger partial charge in [0.25, 0.3) is 11.8 Å². The van der Waals surface area contributed by atoms with Gasteiger partial charge in [0.15, 0.2) is 6.61 Å². The molecule has 0 spiro atoms. The van der Waals surface area contributed by atoms with Crippen LogP contribution in [-0.2, 0) is 4.79 Å². The first kappa shape index (κ1) is 18.3. The Balaban J connectivity index is 1.96.